The Morgan fingerprint density at radius 1 is 1.64 bits per heavy atom. The van der Waals surface area contributed by atoms with E-state index >= 15 is 0 Å². The first-order valence-electron chi connectivity index (χ1n) is 4.59. The maximum Gasteiger partial charge on any atom is 0.342 e. The highest BCUT2D eigenvalue weighted by Gasteiger charge is 2.20. The van der Waals surface area contributed by atoms with Gasteiger partial charge in [-0.15, -0.1) is 0 Å². The van der Waals surface area contributed by atoms with Crippen molar-refractivity contribution in [2.75, 3.05) is 6.61 Å². The van der Waals surface area contributed by atoms with E-state index in [4.69, 9.17) is 9.47 Å². The molecular formula is C10H11NO3. The standard InChI is InChI=1S/C10H11NO3/c12-10(8-3-1-5-11-7-8)14-9-4-2-6-13-9/h1,3,5,7,9H,2,4,6H2/t9-/m0/s1. The Morgan fingerprint density at radius 3 is 3.21 bits per heavy atom. The molecule has 0 radical (unpaired) electrons. The van der Waals surface area contributed by atoms with Crippen LogP contribution in [0.25, 0.3) is 0 Å². The first-order valence-corrected chi connectivity index (χ1v) is 4.59. The largest absolute Gasteiger partial charge is 0.432 e. The lowest BCUT2D eigenvalue weighted by molar-refractivity contribution is -0.0776. The number of ether oxygens (including phenoxy) is 2. The van der Waals surface area contributed by atoms with Crippen LogP contribution in [0.5, 0.6) is 0 Å². The van der Waals surface area contributed by atoms with Gasteiger partial charge >= 0.3 is 5.97 Å². The molecule has 0 bridgehead atoms. The highest BCUT2D eigenvalue weighted by Crippen LogP contribution is 2.14. The van der Waals surface area contributed by atoms with Crippen molar-refractivity contribution < 1.29 is 14.3 Å². The summed E-state index contributed by atoms with van der Waals surface area (Å²) in [6.07, 6.45) is 4.46. The smallest absolute Gasteiger partial charge is 0.342 e. The summed E-state index contributed by atoms with van der Waals surface area (Å²) in [4.78, 5) is 15.3. The van der Waals surface area contributed by atoms with Gasteiger partial charge in [-0.05, 0) is 18.6 Å². The molecule has 0 aliphatic carbocycles. The molecule has 14 heavy (non-hydrogen) atoms. The van der Waals surface area contributed by atoms with Crippen molar-refractivity contribution in [2.24, 2.45) is 0 Å². The van der Waals surface area contributed by atoms with Crippen LogP contribution in [-0.4, -0.2) is 23.9 Å². The number of aromatic nitrogens is 1. The van der Waals surface area contributed by atoms with Gasteiger partial charge in [0.1, 0.15) is 0 Å². The molecule has 4 heteroatoms. The second-order valence-electron chi connectivity index (χ2n) is 3.09. The Labute approximate surface area is 81.9 Å². The number of hydrogen-bond acceptors (Lipinski definition) is 4. The van der Waals surface area contributed by atoms with Crippen LogP contribution in [0.1, 0.15) is 23.2 Å². The van der Waals surface area contributed by atoms with Gasteiger partial charge in [0, 0.05) is 18.8 Å². The molecule has 0 spiro atoms. The number of esters is 1. The van der Waals surface area contributed by atoms with Crippen LogP contribution in [0, 0.1) is 0 Å². The fourth-order valence-electron chi connectivity index (χ4n) is 1.31. The summed E-state index contributed by atoms with van der Waals surface area (Å²) in [5, 5.41) is 0. The predicted molar refractivity (Wildman–Crippen MR) is 48.6 cm³/mol. The van der Waals surface area contributed by atoms with Gasteiger partial charge in [-0.2, -0.15) is 0 Å². The summed E-state index contributed by atoms with van der Waals surface area (Å²) in [5.74, 6) is -0.370. The number of nitrogens with zero attached hydrogens (tertiary/aromatic N) is 1. The van der Waals surface area contributed by atoms with Crippen LogP contribution in [0.3, 0.4) is 0 Å². The minimum absolute atomic E-state index is 0.370. The van der Waals surface area contributed by atoms with Crippen molar-refractivity contribution >= 4 is 5.97 Å². The SMILES string of the molecule is O=C(O[C@H]1CCCO1)c1cccnc1. The lowest BCUT2D eigenvalue weighted by Crippen LogP contribution is -2.16. The molecule has 0 amide bonds. The van der Waals surface area contributed by atoms with Crippen molar-refractivity contribution in [1.29, 1.82) is 0 Å². The van der Waals surface area contributed by atoms with E-state index in [-0.39, 0.29) is 12.3 Å². The van der Waals surface area contributed by atoms with E-state index in [0.717, 1.165) is 12.8 Å². The van der Waals surface area contributed by atoms with E-state index in [2.05, 4.69) is 4.98 Å². The molecule has 1 fully saturated rings. The zero-order valence-electron chi connectivity index (χ0n) is 7.68. The first-order chi connectivity index (χ1) is 6.86. The second-order valence-corrected chi connectivity index (χ2v) is 3.09. The Balaban J connectivity index is 1.95. The molecule has 2 rings (SSSR count). The third-order valence-electron chi connectivity index (χ3n) is 2.02. The Morgan fingerprint density at radius 2 is 2.57 bits per heavy atom. The third kappa shape index (κ3) is 2.09. The molecule has 0 unspecified atom stereocenters. The maximum absolute atomic E-state index is 11.5. The van der Waals surface area contributed by atoms with Gasteiger partial charge in [-0.1, -0.05) is 0 Å². The summed E-state index contributed by atoms with van der Waals surface area (Å²) in [7, 11) is 0. The molecule has 1 aliphatic heterocycles. The van der Waals surface area contributed by atoms with Crippen LogP contribution in [0.4, 0.5) is 0 Å². The minimum atomic E-state index is -0.372. The summed E-state index contributed by atoms with van der Waals surface area (Å²) < 4.78 is 10.3. The molecule has 1 aliphatic rings. The molecule has 1 saturated heterocycles. The van der Waals surface area contributed by atoms with Gasteiger partial charge in [0.05, 0.1) is 12.2 Å². The zero-order chi connectivity index (χ0) is 9.80. The molecule has 1 aromatic heterocycles. The predicted octanol–water partition coefficient (Wildman–Crippen LogP) is 1.37. The fourth-order valence-corrected chi connectivity index (χ4v) is 1.31. The zero-order valence-corrected chi connectivity index (χ0v) is 7.68. The molecule has 74 valence electrons. The molecule has 1 aromatic rings. The second kappa shape index (κ2) is 4.19. The minimum Gasteiger partial charge on any atom is -0.432 e. The van der Waals surface area contributed by atoms with Crippen molar-refractivity contribution in [1.82, 2.24) is 4.98 Å². The number of rotatable bonds is 2. The molecular weight excluding hydrogens is 182 g/mol. The van der Waals surface area contributed by atoms with E-state index in [1.165, 1.54) is 6.20 Å². The van der Waals surface area contributed by atoms with Gasteiger partial charge in [-0.25, -0.2) is 4.79 Å². The van der Waals surface area contributed by atoms with Crippen LogP contribution in [0.2, 0.25) is 0 Å². The van der Waals surface area contributed by atoms with Crippen molar-refractivity contribution in [2.45, 2.75) is 19.1 Å². The van der Waals surface area contributed by atoms with Crippen LogP contribution in [-0.2, 0) is 9.47 Å². The summed E-state index contributed by atoms with van der Waals surface area (Å²) >= 11 is 0. The van der Waals surface area contributed by atoms with Crippen molar-refractivity contribution in [3.63, 3.8) is 0 Å². The van der Waals surface area contributed by atoms with E-state index < -0.39 is 0 Å². The molecule has 0 saturated carbocycles. The van der Waals surface area contributed by atoms with E-state index in [9.17, 15) is 4.79 Å². The summed E-state index contributed by atoms with van der Waals surface area (Å²) in [6, 6.07) is 3.37. The molecule has 0 aromatic carbocycles. The van der Waals surface area contributed by atoms with Gasteiger partial charge in [0.25, 0.3) is 0 Å². The molecule has 2 heterocycles. The van der Waals surface area contributed by atoms with Gasteiger partial charge < -0.3 is 9.47 Å². The molecule has 1 atom stereocenters. The Hall–Kier alpha value is -1.42. The Kier molecular flexibility index (Phi) is 2.74. The van der Waals surface area contributed by atoms with Crippen LogP contribution >= 0.6 is 0 Å². The van der Waals surface area contributed by atoms with Crippen molar-refractivity contribution in [3.05, 3.63) is 30.1 Å². The summed E-state index contributed by atoms with van der Waals surface area (Å²) in [5.41, 5.74) is 0.461. The molecule has 4 nitrogen and oxygen atoms in total. The van der Waals surface area contributed by atoms with Gasteiger partial charge in [-0.3, -0.25) is 4.98 Å². The number of carbonyl (C=O) groups is 1. The number of pyridine rings is 1. The van der Waals surface area contributed by atoms with Crippen LogP contribution < -0.4 is 0 Å². The molecule has 0 N–H and O–H groups in total. The average molecular weight is 193 g/mol. The third-order valence-corrected chi connectivity index (χ3v) is 2.02. The monoisotopic (exact) mass is 193 g/mol. The van der Waals surface area contributed by atoms with Gasteiger partial charge in [0.2, 0.25) is 6.29 Å². The van der Waals surface area contributed by atoms with Crippen molar-refractivity contribution in [3.8, 4) is 0 Å². The average Bonchev–Trinajstić information content (AvgIpc) is 2.72. The van der Waals surface area contributed by atoms with Crippen LogP contribution in [0.15, 0.2) is 24.5 Å². The normalized spacial score (nSPS) is 20.7. The Bertz CT molecular complexity index is 306. The highest BCUT2D eigenvalue weighted by molar-refractivity contribution is 5.88. The number of hydrogen-bond donors (Lipinski definition) is 0. The topological polar surface area (TPSA) is 48.4 Å². The van der Waals surface area contributed by atoms with E-state index in [1.807, 2.05) is 0 Å². The number of carbonyl (C=O) groups excluding carboxylic acids is 1. The lowest BCUT2D eigenvalue weighted by atomic mass is 10.3. The fraction of sp³-hybridized carbons (Fsp3) is 0.400. The lowest BCUT2D eigenvalue weighted by Gasteiger charge is -2.10. The quantitative estimate of drug-likeness (QED) is 0.665. The van der Waals surface area contributed by atoms with E-state index in [1.54, 1.807) is 18.3 Å². The van der Waals surface area contributed by atoms with Gasteiger partial charge in [0.15, 0.2) is 0 Å². The first kappa shape index (κ1) is 9.15. The maximum atomic E-state index is 11.5. The summed E-state index contributed by atoms with van der Waals surface area (Å²) in [6.45, 7) is 0.672. The van der Waals surface area contributed by atoms with E-state index in [0.29, 0.717) is 12.2 Å². The highest BCUT2D eigenvalue weighted by atomic mass is 16.7.